The van der Waals surface area contributed by atoms with Gasteiger partial charge in [0.15, 0.2) is 0 Å². The highest BCUT2D eigenvalue weighted by Crippen LogP contribution is 2.29. The summed E-state index contributed by atoms with van der Waals surface area (Å²) in [5.41, 5.74) is 0.735. The zero-order valence-electron chi connectivity index (χ0n) is 17.5. The van der Waals surface area contributed by atoms with Crippen molar-refractivity contribution < 1.29 is 22.7 Å². The molecule has 1 aliphatic heterocycles. The molecular weight excluding hydrogens is 440 g/mol. The molecule has 0 saturated carbocycles. The van der Waals surface area contributed by atoms with Crippen LogP contribution in [0.3, 0.4) is 0 Å². The minimum absolute atomic E-state index is 0.0680. The van der Waals surface area contributed by atoms with E-state index in [2.05, 4.69) is 0 Å². The molecule has 31 heavy (non-hydrogen) atoms. The molecule has 1 aliphatic rings. The van der Waals surface area contributed by atoms with E-state index in [0.29, 0.717) is 18.8 Å². The number of anilines is 1. The molecule has 1 fully saturated rings. The van der Waals surface area contributed by atoms with E-state index in [0.717, 1.165) is 25.7 Å². The second-order valence-corrected chi connectivity index (χ2v) is 9.65. The van der Waals surface area contributed by atoms with Crippen LogP contribution >= 0.6 is 11.6 Å². The van der Waals surface area contributed by atoms with E-state index in [1.165, 1.54) is 41.6 Å². The summed E-state index contributed by atoms with van der Waals surface area (Å²) in [6.45, 7) is 0.868. The van der Waals surface area contributed by atoms with Crippen molar-refractivity contribution in [2.24, 2.45) is 0 Å². The monoisotopic (exact) mass is 464 g/mol. The van der Waals surface area contributed by atoms with Crippen LogP contribution in [0.25, 0.3) is 0 Å². The van der Waals surface area contributed by atoms with Crippen molar-refractivity contribution >= 4 is 39.2 Å². The highest BCUT2D eigenvalue weighted by atomic mass is 35.5. The lowest BCUT2D eigenvalue weighted by Crippen LogP contribution is -2.32. The first-order chi connectivity index (χ1) is 14.8. The average molecular weight is 465 g/mol. The van der Waals surface area contributed by atoms with Crippen molar-refractivity contribution in [3.05, 3.63) is 58.6 Å². The smallest absolute Gasteiger partial charge is 0.339 e. The number of nitrogens with zero attached hydrogens (tertiary/aromatic N) is 2. The largest absolute Gasteiger partial charge is 0.465 e. The molecule has 1 saturated heterocycles. The molecule has 0 bridgehead atoms. The van der Waals surface area contributed by atoms with Crippen molar-refractivity contribution in [1.82, 2.24) is 4.31 Å². The molecule has 9 heteroatoms. The zero-order valence-corrected chi connectivity index (χ0v) is 19.1. The van der Waals surface area contributed by atoms with E-state index in [1.54, 1.807) is 24.3 Å². The van der Waals surface area contributed by atoms with Gasteiger partial charge in [-0.15, -0.1) is 0 Å². The van der Waals surface area contributed by atoms with Gasteiger partial charge in [-0.05, 0) is 43.2 Å². The van der Waals surface area contributed by atoms with Gasteiger partial charge in [-0.25, -0.2) is 13.2 Å². The lowest BCUT2D eigenvalue weighted by atomic mass is 10.1. The number of esters is 1. The summed E-state index contributed by atoms with van der Waals surface area (Å²) in [5.74, 6) is -1.05. The molecule has 0 aliphatic carbocycles. The van der Waals surface area contributed by atoms with Crippen molar-refractivity contribution in [3.8, 4) is 0 Å². The molecular formula is C22H25ClN2O5S. The molecule has 166 valence electrons. The topological polar surface area (TPSA) is 84.0 Å². The fraction of sp³-hybridized carbons (Fsp3) is 0.364. The van der Waals surface area contributed by atoms with Gasteiger partial charge in [0, 0.05) is 25.7 Å². The van der Waals surface area contributed by atoms with Crippen LogP contribution in [0.2, 0.25) is 5.02 Å². The van der Waals surface area contributed by atoms with Gasteiger partial charge in [0.2, 0.25) is 10.0 Å². The number of sulfonamides is 1. The van der Waals surface area contributed by atoms with E-state index >= 15 is 0 Å². The Morgan fingerprint density at radius 1 is 1.03 bits per heavy atom. The Morgan fingerprint density at radius 2 is 1.68 bits per heavy atom. The van der Waals surface area contributed by atoms with Gasteiger partial charge in [-0.3, -0.25) is 4.79 Å². The van der Waals surface area contributed by atoms with E-state index in [9.17, 15) is 18.0 Å². The Kier molecular flexibility index (Phi) is 7.35. The Balaban J connectivity index is 1.96. The number of carbonyl (C=O) groups excluding carboxylic acids is 2. The van der Waals surface area contributed by atoms with E-state index in [-0.39, 0.29) is 21.0 Å². The maximum Gasteiger partial charge on any atom is 0.339 e. The maximum absolute atomic E-state index is 13.2. The molecule has 1 heterocycles. The van der Waals surface area contributed by atoms with Crippen LogP contribution in [-0.2, 0) is 14.8 Å². The van der Waals surface area contributed by atoms with Crippen LogP contribution in [0.5, 0.6) is 0 Å². The number of benzene rings is 2. The van der Waals surface area contributed by atoms with Crippen molar-refractivity contribution in [2.75, 3.05) is 32.1 Å². The normalized spacial score (nSPS) is 15.2. The maximum atomic E-state index is 13.2. The van der Waals surface area contributed by atoms with Gasteiger partial charge in [0.25, 0.3) is 5.91 Å². The summed E-state index contributed by atoms with van der Waals surface area (Å²) in [7, 11) is -1.05. The second kappa shape index (κ2) is 9.80. The van der Waals surface area contributed by atoms with Crippen LogP contribution in [0, 0.1) is 0 Å². The summed E-state index contributed by atoms with van der Waals surface area (Å²) in [6.07, 6.45) is 3.57. The number of methoxy groups -OCH3 is 1. The Labute approximate surface area is 187 Å². The minimum atomic E-state index is -3.83. The third kappa shape index (κ3) is 4.92. The summed E-state index contributed by atoms with van der Waals surface area (Å²) < 4.78 is 32.7. The molecule has 0 radical (unpaired) electrons. The molecule has 2 aromatic rings. The Hall–Kier alpha value is -2.42. The summed E-state index contributed by atoms with van der Waals surface area (Å²) in [6, 6.07) is 10.7. The van der Waals surface area contributed by atoms with Crippen LogP contribution in [0.4, 0.5) is 5.69 Å². The van der Waals surface area contributed by atoms with E-state index in [4.69, 9.17) is 16.3 Å². The second-order valence-electron chi connectivity index (χ2n) is 7.34. The summed E-state index contributed by atoms with van der Waals surface area (Å²) >= 11 is 6.24. The lowest BCUT2D eigenvalue weighted by molar-refractivity contribution is 0.0601. The molecule has 0 atom stereocenters. The fourth-order valence-electron chi connectivity index (χ4n) is 3.61. The third-order valence-corrected chi connectivity index (χ3v) is 7.72. The molecule has 1 amide bonds. The van der Waals surface area contributed by atoms with E-state index < -0.39 is 21.9 Å². The molecule has 0 aromatic heterocycles. The zero-order chi connectivity index (χ0) is 22.6. The van der Waals surface area contributed by atoms with Crippen LogP contribution in [0.15, 0.2) is 47.4 Å². The van der Waals surface area contributed by atoms with Gasteiger partial charge in [0.05, 0.1) is 23.4 Å². The molecule has 7 nitrogen and oxygen atoms in total. The lowest BCUT2D eigenvalue weighted by Gasteiger charge is -2.22. The van der Waals surface area contributed by atoms with Crippen molar-refractivity contribution in [2.45, 2.75) is 30.6 Å². The van der Waals surface area contributed by atoms with Gasteiger partial charge >= 0.3 is 5.97 Å². The number of rotatable bonds is 5. The third-order valence-electron chi connectivity index (χ3n) is 5.34. The first-order valence-corrected chi connectivity index (χ1v) is 11.8. The van der Waals surface area contributed by atoms with Crippen molar-refractivity contribution in [3.63, 3.8) is 0 Å². The number of carbonyl (C=O) groups is 2. The number of ether oxygens (including phenoxy) is 1. The molecule has 0 spiro atoms. The van der Waals surface area contributed by atoms with Crippen LogP contribution < -0.4 is 4.90 Å². The SMILES string of the molecule is COC(=O)c1ccccc1N(C)C(=O)c1ccc(Cl)c(S(=O)(=O)N2CCCCCC2)c1. The van der Waals surface area contributed by atoms with Crippen molar-refractivity contribution in [1.29, 1.82) is 0 Å². The molecule has 0 unspecified atom stereocenters. The van der Waals surface area contributed by atoms with Gasteiger partial charge in [-0.2, -0.15) is 4.31 Å². The predicted molar refractivity (Wildman–Crippen MR) is 119 cm³/mol. The van der Waals surface area contributed by atoms with Crippen LogP contribution in [-0.4, -0.2) is 51.8 Å². The molecule has 3 rings (SSSR count). The molecule has 2 aromatic carbocycles. The highest BCUT2D eigenvalue weighted by Gasteiger charge is 2.29. The number of hydrogen-bond acceptors (Lipinski definition) is 5. The van der Waals surface area contributed by atoms with Crippen LogP contribution in [0.1, 0.15) is 46.4 Å². The van der Waals surface area contributed by atoms with Gasteiger partial charge < -0.3 is 9.64 Å². The quantitative estimate of drug-likeness (QED) is 0.625. The number of para-hydroxylation sites is 1. The fourth-order valence-corrected chi connectivity index (χ4v) is 5.62. The number of halogens is 1. The van der Waals surface area contributed by atoms with Gasteiger partial charge in [-0.1, -0.05) is 36.6 Å². The molecule has 0 N–H and O–H groups in total. The minimum Gasteiger partial charge on any atom is -0.465 e. The standard InChI is InChI=1S/C22H25ClN2O5S/c1-24(19-10-6-5-9-17(19)22(27)30-2)21(26)16-11-12-18(23)20(15-16)31(28,29)25-13-7-3-4-8-14-25/h5-6,9-12,15H,3-4,7-8,13-14H2,1-2H3. The summed E-state index contributed by atoms with van der Waals surface area (Å²) in [5, 5.41) is 0.0680. The van der Waals surface area contributed by atoms with E-state index in [1.807, 2.05) is 0 Å². The predicted octanol–water partition coefficient (Wildman–Crippen LogP) is 3.97. The number of amides is 1. The first-order valence-electron chi connectivity index (χ1n) is 10.0. The van der Waals surface area contributed by atoms with Gasteiger partial charge in [0.1, 0.15) is 4.90 Å². The Bertz CT molecular complexity index is 1080. The average Bonchev–Trinajstić information content (AvgIpc) is 3.08. The highest BCUT2D eigenvalue weighted by molar-refractivity contribution is 7.89. The number of hydrogen-bond donors (Lipinski definition) is 0. The summed E-state index contributed by atoms with van der Waals surface area (Å²) in [4.78, 5) is 26.4. The Morgan fingerprint density at radius 3 is 2.32 bits per heavy atom. The first kappa shape index (κ1) is 23.2.